The lowest BCUT2D eigenvalue weighted by Crippen LogP contribution is -2.61. The van der Waals surface area contributed by atoms with Crippen LogP contribution in [0.1, 0.15) is 99.5 Å². The number of carboxylic acids is 2. The largest absolute Gasteiger partial charge is 0.508 e. The van der Waals surface area contributed by atoms with Gasteiger partial charge in [-0.05, 0) is 67.1 Å². The highest BCUT2D eigenvalue weighted by Gasteiger charge is 2.40. The molecule has 1 fully saturated rings. The van der Waals surface area contributed by atoms with Crippen LogP contribution in [0.25, 0.3) is 0 Å². The van der Waals surface area contributed by atoms with Gasteiger partial charge in [0.15, 0.2) is 0 Å². The van der Waals surface area contributed by atoms with E-state index in [1.807, 2.05) is 6.92 Å². The summed E-state index contributed by atoms with van der Waals surface area (Å²) >= 11 is 0. The minimum atomic E-state index is -1.82. The molecule has 0 bridgehead atoms. The van der Waals surface area contributed by atoms with Crippen LogP contribution in [0, 0.1) is 23.7 Å². The third kappa shape index (κ3) is 18.6. The number of aliphatic carboxylic acids is 2. The Morgan fingerprint density at radius 2 is 1.25 bits per heavy atom. The van der Waals surface area contributed by atoms with Gasteiger partial charge >= 0.3 is 11.9 Å². The first-order chi connectivity index (χ1) is 32.3. The smallest absolute Gasteiger partial charge is 0.326 e. The topological polar surface area (TPSA) is 365 Å². The van der Waals surface area contributed by atoms with E-state index in [1.54, 1.807) is 60.6 Å². The maximum atomic E-state index is 13.9. The lowest BCUT2D eigenvalue weighted by atomic mass is 9.94. The zero-order valence-electron chi connectivity index (χ0n) is 40.7. The number of amides is 8. The van der Waals surface area contributed by atoms with E-state index in [2.05, 4.69) is 37.2 Å². The highest BCUT2D eigenvalue weighted by molar-refractivity contribution is 5.98. The summed E-state index contributed by atoms with van der Waals surface area (Å²) in [7, 11) is 0. The van der Waals surface area contributed by atoms with Crippen LogP contribution in [0.5, 0.6) is 5.75 Å². The molecule has 0 aliphatic carbocycles. The molecule has 386 valence electrons. The summed E-state index contributed by atoms with van der Waals surface area (Å²) in [5, 5.41) is 56.1. The number of phenols is 1. The molecule has 0 radical (unpaired) electrons. The number of carbonyl (C=O) groups is 10. The first kappa shape index (κ1) is 58.8. The molecule has 2 rings (SSSR count). The fraction of sp³-hybridized carbons (Fsp3) is 0.652. The van der Waals surface area contributed by atoms with E-state index >= 15 is 0 Å². The molecule has 23 heteroatoms. The molecule has 10 atom stereocenters. The minimum Gasteiger partial charge on any atom is -0.508 e. The van der Waals surface area contributed by atoms with E-state index in [0.29, 0.717) is 24.8 Å². The van der Waals surface area contributed by atoms with Gasteiger partial charge in [-0.1, -0.05) is 80.4 Å². The molecular weight excluding hydrogens is 903 g/mol. The predicted octanol–water partition coefficient (Wildman–Crippen LogP) is -1.38. The molecule has 1 aromatic rings. The van der Waals surface area contributed by atoms with Gasteiger partial charge in [-0.15, -0.1) is 0 Å². The maximum Gasteiger partial charge on any atom is 0.326 e. The summed E-state index contributed by atoms with van der Waals surface area (Å²) in [4.78, 5) is 132. The van der Waals surface area contributed by atoms with Gasteiger partial charge in [0.25, 0.3) is 0 Å². The number of nitrogens with two attached hydrogens (primary N) is 1. The number of aliphatic hydroxyl groups is 1. The number of benzene rings is 1. The fourth-order valence-corrected chi connectivity index (χ4v) is 7.49. The number of nitrogens with one attached hydrogen (secondary N) is 7. The first-order valence-corrected chi connectivity index (χ1v) is 23.3. The average Bonchev–Trinajstić information content (AvgIpc) is 3.79. The van der Waals surface area contributed by atoms with E-state index in [4.69, 9.17) is 5.73 Å². The van der Waals surface area contributed by atoms with Crippen molar-refractivity contribution in [2.45, 2.75) is 149 Å². The normalized spacial score (nSPS) is 17.4. The fourth-order valence-electron chi connectivity index (χ4n) is 7.49. The highest BCUT2D eigenvalue weighted by atomic mass is 16.4. The average molecular weight is 976 g/mol. The van der Waals surface area contributed by atoms with Crippen molar-refractivity contribution >= 4 is 59.2 Å². The van der Waals surface area contributed by atoms with E-state index in [-0.39, 0.29) is 37.5 Å². The molecule has 13 N–H and O–H groups in total. The summed E-state index contributed by atoms with van der Waals surface area (Å²) in [6.45, 7) is 12.1. The number of hydrogen-bond donors (Lipinski definition) is 12. The second kappa shape index (κ2) is 28.2. The van der Waals surface area contributed by atoms with E-state index in [0.717, 1.165) is 4.90 Å². The second-order valence-electron chi connectivity index (χ2n) is 18.3. The van der Waals surface area contributed by atoms with Crippen LogP contribution in [0.15, 0.2) is 24.3 Å². The molecule has 1 aliphatic heterocycles. The molecule has 8 amide bonds. The number of phenolic OH excluding ortho intramolecular Hbond substituents is 1. The molecule has 0 unspecified atom stereocenters. The zero-order chi connectivity index (χ0) is 52.3. The number of nitrogens with zero attached hydrogens (tertiary/aromatic N) is 1. The second-order valence-corrected chi connectivity index (χ2v) is 18.3. The SMILES string of the molecule is CC[C@H](C)[C@H](NC(=O)[C@@H](NC(=O)[C@@H](N)Cc1ccc(O)cc1)[C@@H](C)CC)C(=O)N[C@@H](CC(C)C)C(=O)NCC(=O)N[C@@H](CC(=O)O)C(=O)N[C@@H](CO)C(=O)N1CCC[C@H]1C(=O)N[C@H](C(=O)O)C(C)C. The summed E-state index contributed by atoms with van der Waals surface area (Å²) in [5.74, 6) is -11.0. The molecule has 23 nitrogen and oxygen atoms in total. The molecule has 0 saturated carbocycles. The Bertz CT molecular complexity index is 1970. The lowest BCUT2D eigenvalue weighted by Gasteiger charge is -2.30. The van der Waals surface area contributed by atoms with Gasteiger partial charge in [0.2, 0.25) is 47.3 Å². The Kier molecular flexibility index (Phi) is 24.0. The minimum absolute atomic E-state index is 0.0292. The Morgan fingerprint density at radius 3 is 1.75 bits per heavy atom. The van der Waals surface area contributed by atoms with E-state index in [9.17, 15) is 68.4 Å². The van der Waals surface area contributed by atoms with Crippen molar-refractivity contribution < 1.29 is 68.4 Å². The maximum absolute atomic E-state index is 13.9. The van der Waals surface area contributed by atoms with Gasteiger partial charge in [0, 0.05) is 6.54 Å². The number of carboxylic acid groups (broad SMARTS) is 2. The summed E-state index contributed by atoms with van der Waals surface area (Å²) < 4.78 is 0. The van der Waals surface area contributed by atoms with Crippen LogP contribution < -0.4 is 43.0 Å². The molecular formula is C46H73N9O14. The van der Waals surface area contributed by atoms with Gasteiger partial charge in [0.1, 0.15) is 48.0 Å². The monoisotopic (exact) mass is 976 g/mol. The molecule has 0 spiro atoms. The lowest BCUT2D eigenvalue weighted by molar-refractivity contribution is -0.146. The molecule has 1 heterocycles. The van der Waals surface area contributed by atoms with Crippen molar-refractivity contribution in [2.75, 3.05) is 19.7 Å². The van der Waals surface area contributed by atoms with Gasteiger partial charge in [-0.25, -0.2) is 4.79 Å². The van der Waals surface area contributed by atoms with Gasteiger partial charge in [-0.3, -0.25) is 43.2 Å². The van der Waals surface area contributed by atoms with Crippen LogP contribution in [-0.4, -0.2) is 153 Å². The van der Waals surface area contributed by atoms with Crippen LogP contribution in [0.3, 0.4) is 0 Å². The van der Waals surface area contributed by atoms with Crippen molar-refractivity contribution in [3.63, 3.8) is 0 Å². The molecule has 1 aliphatic rings. The Morgan fingerprint density at radius 1 is 0.696 bits per heavy atom. The summed E-state index contributed by atoms with van der Waals surface area (Å²) in [6, 6.07) is -4.30. The van der Waals surface area contributed by atoms with Gasteiger partial charge in [-0.2, -0.15) is 0 Å². The van der Waals surface area contributed by atoms with Crippen LogP contribution in [-0.2, 0) is 54.4 Å². The number of aromatic hydroxyl groups is 1. The molecule has 0 aromatic heterocycles. The first-order valence-electron chi connectivity index (χ1n) is 23.3. The number of rotatable bonds is 28. The molecule has 69 heavy (non-hydrogen) atoms. The highest BCUT2D eigenvalue weighted by Crippen LogP contribution is 2.20. The Labute approximate surface area is 402 Å². The predicted molar refractivity (Wildman–Crippen MR) is 249 cm³/mol. The summed E-state index contributed by atoms with van der Waals surface area (Å²) in [6.07, 6.45) is 0.599. The summed E-state index contributed by atoms with van der Waals surface area (Å²) in [5.41, 5.74) is 6.87. The van der Waals surface area contributed by atoms with E-state index in [1.165, 1.54) is 12.1 Å². The van der Waals surface area contributed by atoms with Crippen molar-refractivity contribution in [1.29, 1.82) is 0 Å². The van der Waals surface area contributed by atoms with Crippen LogP contribution in [0.2, 0.25) is 0 Å². The van der Waals surface area contributed by atoms with Gasteiger partial charge < -0.3 is 68.3 Å². The number of aliphatic hydroxyl groups excluding tert-OH is 1. The zero-order valence-corrected chi connectivity index (χ0v) is 40.7. The quantitative estimate of drug-likeness (QED) is 0.0461. The Balaban J connectivity index is 2.17. The third-order valence-corrected chi connectivity index (χ3v) is 12.0. The Hall–Kier alpha value is -6.36. The molecule has 1 aromatic carbocycles. The number of carbonyl (C=O) groups excluding carboxylic acids is 8. The van der Waals surface area contributed by atoms with Crippen LogP contribution in [0.4, 0.5) is 0 Å². The van der Waals surface area contributed by atoms with Crippen molar-refractivity contribution in [3.05, 3.63) is 29.8 Å². The van der Waals surface area contributed by atoms with Gasteiger partial charge in [0.05, 0.1) is 25.6 Å². The van der Waals surface area contributed by atoms with Crippen molar-refractivity contribution in [1.82, 2.24) is 42.1 Å². The molecule has 1 saturated heterocycles. The number of likely N-dealkylation sites (tertiary alicyclic amines) is 1. The number of hydrogen-bond acceptors (Lipinski definition) is 13. The third-order valence-electron chi connectivity index (χ3n) is 12.0. The van der Waals surface area contributed by atoms with Crippen LogP contribution >= 0.6 is 0 Å². The van der Waals surface area contributed by atoms with E-state index < -0.39 is 145 Å². The standard InChI is InChI=1S/C46H73N9O14/c1-9-25(7)37(54-44(66)38(26(8)10-2)53-39(61)29(47)19-27-13-15-28(57)16-14-27)43(65)50-30(18-23(3)4)40(62)48-21-34(58)49-31(20-35(59)60)41(63)51-32(22-56)45(67)55-17-11-12-33(55)42(64)52-36(24(5)6)46(68)69/h13-16,23-26,29-33,36-38,56-57H,9-12,17-22,47H2,1-8H3,(H,48,62)(H,49,58)(H,50,65)(H,51,63)(H,52,64)(H,53,61)(H,54,66)(H,59,60)(H,68,69)/t25-,26-,29-,30-,31-,32-,33-,36-,37-,38-/m0/s1. The van der Waals surface area contributed by atoms with Crippen molar-refractivity contribution in [2.24, 2.45) is 29.4 Å². The van der Waals surface area contributed by atoms with Crippen molar-refractivity contribution in [3.8, 4) is 5.75 Å².